The highest BCUT2D eigenvalue weighted by molar-refractivity contribution is 6.01. The zero-order valence-electron chi connectivity index (χ0n) is 18.5. The summed E-state index contributed by atoms with van der Waals surface area (Å²) in [6, 6.07) is 15.1. The number of carbonyl (C=O) groups excluding carboxylic acids is 1. The van der Waals surface area contributed by atoms with Gasteiger partial charge >= 0.3 is 0 Å². The van der Waals surface area contributed by atoms with Crippen LogP contribution in [0.25, 0.3) is 0 Å². The predicted octanol–water partition coefficient (Wildman–Crippen LogP) is 5.35. The Morgan fingerprint density at radius 2 is 1.97 bits per heavy atom. The number of pyridine rings is 2. The predicted molar refractivity (Wildman–Crippen MR) is 124 cm³/mol. The number of amides is 1. The average Bonchev–Trinajstić information content (AvgIpc) is 3.63. The van der Waals surface area contributed by atoms with Gasteiger partial charge < -0.3 is 10.2 Å². The molecule has 1 aromatic carbocycles. The van der Waals surface area contributed by atoms with Gasteiger partial charge in [-0.25, -0.2) is 13.8 Å². The average molecular weight is 449 g/mol. The van der Waals surface area contributed by atoms with Crippen molar-refractivity contribution in [3.8, 4) is 0 Å². The van der Waals surface area contributed by atoms with E-state index in [2.05, 4.69) is 21.3 Å². The lowest BCUT2D eigenvalue weighted by atomic mass is 9.95. The van der Waals surface area contributed by atoms with Crippen LogP contribution in [0, 0.1) is 6.92 Å². The molecule has 33 heavy (non-hydrogen) atoms. The third kappa shape index (κ3) is 4.19. The van der Waals surface area contributed by atoms with Crippen molar-refractivity contribution in [2.45, 2.75) is 51.0 Å². The number of hydrogen-bond donors (Lipinski definition) is 1. The van der Waals surface area contributed by atoms with Crippen molar-refractivity contribution in [1.29, 1.82) is 0 Å². The summed E-state index contributed by atoms with van der Waals surface area (Å²) >= 11 is 0. The first-order valence-corrected chi connectivity index (χ1v) is 11.3. The van der Waals surface area contributed by atoms with Gasteiger partial charge in [-0.15, -0.1) is 0 Å². The molecule has 1 saturated carbocycles. The molecule has 0 atom stereocenters. The number of nitrogens with one attached hydrogen (secondary N) is 1. The van der Waals surface area contributed by atoms with E-state index in [9.17, 15) is 13.6 Å². The number of anilines is 2. The zero-order chi connectivity index (χ0) is 23.0. The van der Waals surface area contributed by atoms with Crippen molar-refractivity contribution in [1.82, 2.24) is 9.97 Å². The largest absolute Gasteiger partial charge is 0.366 e. The van der Waals surface area contributed by atoms with Crippen LogP contribution in [0.1, 0.15) is 53.8 Å². The van der Waals surface area contributed by atoms with Crippen LogP contribution in [0.15, 0.2) is 54.7 Å². The molecule has 170 valence electrons. The van der Waals surface area contributed by atoms with E-state index in [1.165, 1.54) is 12.3 Å². The Kier molecular flexibility index (Phi) is 5.56. The lowest BCUT2D eigenvalue weighted by Gasteiger charge is -2.31. The number of halogens is 2. The first kappa shape index (κ1) is 21.5. The molecule has 1 aliphatic heterocycles. The molecule has 1 aliphatic carbocycles. The summed E-state index contributed by atoms with van der Waals surface area (Å²) in [7, 11) is 0. The summed E-state index contributed by atoms with van der Waals surface area (Å²) in [5.74, 6) is 0.618. The molecule has 1 fully saturated rings. The SMILES string of the molecule is Cc1cc2c(nc1NC(=O)C1(c3ccccc3)CC1)CCCN2Cc1ccc(C(F)F)nc1. The number of hydrogen-bond acceptors (Lipinski definition) is 4. The fourth-order valence-corrected chi connectivity index (χ4v) is 4.58. The highest BCUT2D eigenvalue weighted by Gasteiger charge is 2.51. The lowest BCUT2D eigenvalue weighted by molar-refractivity contribution is -0.118. The smallest absolute Gasteiger partial charge is 0.280 e. The van der Waals surface area contributed by atoms with Crippen molar-refractivity contribution < 1.29 is 13.6 Å². The normalized spacial score (nSPS) is 16.4. The molecular weight excluding hydrogens is 422 g/mol. The van der Waals surface area contributed by atoms with Gasteiger partial charge in [-0.1, -0.05) is 36.4 Å². The number of rotatable bonds is 6. The molecule has 1 amide bonds. The summed E-state index contributed by atoms with van der Waals surface area (Å²) in [5.41, 5.74) is 4.15. The summed E-state index contributed by atoms with van der Waals surface area (Å²) in [4.78, 5) is 24.1. The fourth-order valence-electron chi connectivity index (χ4n) is 4.58. The first-order valence-electron chi connectivity index (χ1n) is 11.3. The van der Waals surface area contributed by atoms with Crippen LogP contribution in [0.4, 0.5) is 20.3 Å². The highest BCUT2D eigenvalue weighted by Crippen LogP contribution is 2.49. The molecule has 3 aromatic rings. The molecule has 2 aromatic heterocycles. The van der Waals surface area contributed by atoms with Gasteiger partial charge in [0.25, 0.3) is 6.43 Å². The number of aromatic nitrogens is 2. The number of carbonyl (C=O) groups is 1. The molecule has 0 radical (unpaired) electrons. The number of benzene rings is 1. The molecular formula is C26H26F2N4O. The van der Waals surface area contributed by atoms with Crippen molar-refractivity contribution in [2.24, 2.45) is 0 Å². The maximum absolute atomic E-state index is 13.2. The first-order chi connectivity index (χ1) is 16.0. The molecule has 2 aliphatic rings. The second-order valence-electron chi connectivity index (χ2n) is 8.94. The summed E-state index contributed by atoms with van der Waals surface area (Å²) < 4.78 is 25.6. The lowest BCUT2D eigenvalue weighted by Crippen LogP contribution is -2.31. The Bertz CT molecular complexity index is 1160. The van der Waals surface area contributed by atoms with E-state index in [1.54, 1.807) is 6.07 Å². The Morgan fingerprint density at radius 3 is 2.64 bits per heavy atom. The zero-order valence-corrected chi connectivity index (χ0v) is 18.5. The van der Waals surface area contributed by atoms with Crippen molar-refractivity contribution in [2.75, 3.05) is 16.8 Å². The van der Waals surface area contributed by atoms with Gasteiger partial charge in [0.1, 0.15) is 11.5 Å². The number of nitrogens with zero attached hydrogens (tertiary/aromatic N) is 3. The number of fused-ring (bicyclic) bond motifs is 1. The monoisotopic (exact) mass is 448 g/mol. The molecule has 5 nitrogen and oxygen atoms in total. The van der Waals surface area contributed by atoms with Crippen LogP contribution in [-0.2, 0) is 23.2 Å². The Morgan fingerprint density at radius 1 is 1.18 bits per heavy atom. The van der Waals surface area contributed by atoms with Crippen molar-refractivity contribution in [3.05, 3.63) is 82.8 Å². The van der Waals surface area contributed by atoms with Gasteiger partial charge in [0.15, 0.2) is 0 Å². The van der Waals surface area contributed by atoms with E-state index in [4.69, 9.17) is 4.98 Å². The fraction of sp³-hybridized carbons (Fsp3) is 0.346. The van der Waals surface area contributed by atoms with E-state index in [1.807, 2.05) is 37.3 Å². The molecule has 3 heterocycles. The summed E-state index contributed by atoms with van der Waals surface area (Å²) in [6.45, 7) is 3.39. The Balaban J connectivity index is 1.35. The van der Waals surface area contributed by atoms with E-state index in [0.717, 1.165) is 60.3 Å². The van der Waals surface area contributed by atoms with E-state index < -0.39 is 11.8 Å². The van der Waals surface area contributed by atoms with E-state index >= 15 is 0 Å². The maximum Gasteiger partial charge on any atom is 0.280 e. The van der Waals surface area contributed by atoms with Crippen molar-refractivity contribution >= 4 is 17.4 Å². The third-order valence-corrected chi connectivity index (χ3v) is 6.64. The minimum Gasteiger partial charge on any atom is -0.366 e. The number of alkyl halides is 2. The maximum atomic E-state index is 13.2. The van der Waals surface area contributed by atoms with Gasteiger partial charge in [-0.3, -0.25) is 9.78 Å². The Labute approximate surface area is 191 Å². The topological polar surface area (TPSA) is 58.1 Å². The molecule has 0 bridgehead atoms. The van der Waals surface area contributed by atoms with Crippen LogP contribution < -0.4 is 10.2 Å². The van der Waals surface area contributed by atoms with Gasteiger partial charge in [0.2, 0.25) is 5.91 Å². The third-order valence-electron chi connectivity index (χ3n) is 6.64. The molecule has 1 N–H and O–H groups in total. The van der Waals surface area contributed by atoms with Gasteiger partial charge in [0.05, 0.1) is 16.8 Å². The molecule has 7 heteroatoms. The molecule has 0 unspecified atom stereocenters. The quantitative estimate of drug-likeness (QED) is 0.553. The van der Waals surface area contributed by atoms with Crippen molar-refractivity contribution in [3.63, 3.8) is 0 Å². The molecule has 5 rings (SSSR count). The summed E-state index contributed by atoms with van der Waals surface area (Å²) in [5, 5.41) is 3.09. The standard InChI is InChI=1S/C26H26F2N4O/c1-17-14-22-20(8-5-13-32(22)16-18-9-10-21(23(27)28)29-15-18)30-24(17)31-25(33)26(11-12-26)19-6-3-2-4-7-19/h2-4,6-7,9-10,14-15,23H,5,8,11-13,16H2,1H3,(H,30,31,33). The van der Waals surface area contributed by atoms with Gasteiger partial charge in [0, 0.05) is 19.3 Å². The van der Waals surface area contributed by atoms with E-state index in [-0.39, 0.29) is 11.6 Å². The Hall–Kier alpha value is -3.35. The van der Waals surface area contributed by atoms with Crippen LogP contribution in [-0.4, -0.2) is 22.4 Å². The van der Waals surface area contributed by atoms with Crippen LogP contribution in [0.5, 0.6) is 0 Å². The van der Waals surface area contributed by atoms with Crippen LogP contribution in [0.3, 0.4) is 0 Å². The highest BCUT2D eigenvalue weighted by atomic mass is 19.3. The minimum atomic E-state index is -2.56. The van der Waals surface area contributed by atoms with Gasteiger partial charge in [-0.05, 0) is 61.4 Å². The summed E-state index contributed by atoms with van der Waals surface area (Å²) in [6.07, 6.45) is 2.42. The molecule has 0 saturated heterocycles. The second kappa shape index (κ2) is 8.54. The second-order valence-corrected chi connectivity index (χ2v) is 8.94. The minimum absolute atomic E-state index is 0.00195. The van der Waals surface area contributed by atoms with Gasteiger partial charge in [-0.2, -0.15) is 0 Å². The van der Waals surface area contributed by atoms with Crippen LogP contribution in [0.2, 0.25) is 0 Å². The van der Waals surface area contributed by atoms with E-state index in [0.29, 0.717) is 12.4 Å². The molecule has 0 spiro atoms. The number of aryl methyl sites for hydroxylation is 2. The van der Waals surface area contributed by atoms with Crippen LogP contribution >= 0.6 is 0 Å².